The summed E-state index contributed by atoms with van der Waals surface area (Å²) in [5.74, 6) is -0.463. The zero-order valence-corrected chi connectivity index (χ0v) is 12.1. The summed E-state index contributed by atoms with van der Waals surface area (Å²) in [7, 11) is 1.60. The molecule has 0 heterocycles. The van der Waals surface area contributed by atoms with E-state index in [1.54, 1.807) is 14.0 Å². The smallest absolute Gasteiger partial charge is 0.326 e. The SMILES string of the molecule is CCC(NC(=O)CC(C)c1ccc(OC)cc1)C(=O)O. The van der Waals surface area contributed by atoms with Crippen molar-refractivity contribution in [2.45, 2.75) is 38.6 Å². The number of nitrogens with one attached hydrogen (secondary N) is 1. The maximum absolute atomic E-state index is 11.8. The van der Waals surface area contributed by atoms with Crippen LogP contribution in [-0.2, 0) is 9.59 Å². The highest BCUT2D eigenvalue weighted by atomic mass is 16.5. The molecular formula is C15H21NO4. The number of carboxylic acid groups (broad SMARTS) is 1. The van der Waals surface area contributed by atoms with Gasteiger partial charge in [-0.05, 0) is 30.0 Å². The highest BCUT2D eigenvalue weighted by molar-refractivity contribution is 5.83. The number of rotatable bonds is 7. The molecule has 1 aromatic carbocycles. The molecule has 0 bridgehead atoms. The van der Waals surface area contributed by atoms with Gasteiger partial charge in [-0.3, -0.25) is 4.79 Å². The summed E-state index contributed by atoms with van der Waals surface area (Å²) in [6.07, 6.45) is 0.633. The van der Waals surface area contributed by atoms with E-state index in [2.05, 4.69) is 5.32 Å². The van der Waals surface area contributed by atoms with Crippen LogP contribution in [0, 0.1) is 0 Å². The van der Waals surface area contributed by atoms with Crippen molar-refractivity contribution < 1.29 is 19.4 Å². The number of methoxy groups -OCH3 is 1. The molecule has 0 aliphatic heterocycles. The van der Waals surface area contributed by atoms with Crippen molar-refractivity contribution in [2.24, 2.45) is 0 Å². The predicted molar refractivity (Wildman–Crippen MR) is 75.9 cm³/mol. The standard InChI is InChI=1S/C15H21NO4/c1-4-13(15(18)19)16-14(17)9-10(2)11-5-7-12(20-3)8-6-11/h5-8,10,13H,4,9H2,1-3H3,(H,16,17)(H,18,19). The number of amides is 1. The minimum absolute atomic E-state index is 0.0206. The molecule has 20 heavy (non-hydrogen) atoms. The number of aliphatic carboxylic acids is 1. The van der Waals surface area contributed by atoms with Crippen molar-refractivity contribution in [1.29, 1.82) is 0 Å². The Balaban J connectivity index is 2.58. The van der Waals surface area contributed by atoms with Gasteiger partial charge in [-0.25, -0.2) is 4.79 Å². The number of ether oxygens (including phenoxy) is 1. The Labute approximate surface area is 118 Å². The second-order valence-electron chi connectivity index (χ2n) is 4.74. The largest absolute Gasteiger partial charge is 0.497 e. The Morgan fingerprint density at radius 1 is 1.30 bits per heavy atom. The first-order valence-corrected chi connectivity index (χ1v) is 6.64. The van der Waals surface area contributed by atoms with Gasteiger partial charge in [-0.2, -0.15) is 0 Å². The Kier molecular flexibility index (Phi) is 6.03. The molecule has 2 atom stereocenters. The maximum Gasteiger partial charge on any atom is 0.326 e. The minimum atomic E-state index is -1.00. The van der Waals surface area contributed by atoms with E-state index in [4.69, 9.17) is 9.84 Å². The Bertz CT molecular complexity index is 455. The van der Waals surface area contributed by atoms with E-state index >= 15 is 0 Å². The van der Waals surface area contributed by atoms with Gasteiger partial charge in [0.1, 0.15) is 11.8 Å². The van der Waals surface area contributed by atoms with Crippen LogP contribution in [0.15, 0.2) is 24.3 Å². The summed E-state index contributed by atoms with van der Waals surface area (Å²) in [6.45, 7) is 3.66. The number of hydrogen-bond acceptors (Lipinski definition) is 3. The van der Waals surface area contributed by atoms with Crippen LogP contribution in [0.4, 0.5) is 0 Å². The molecule has 2 unspecified atom stereocenters. The lowest BCUT2D eigenvalue weighted by Crippen LogP contribution is -2.40. The van der Waals surface area contributed by atoms with Crippen molar-refractivity contribution in [3.63, 3.8) is 0 Å². The lowest BCUT2D eigenvalue weighted by Gasteiger charge is -2.15. The third-order valence-electron chi connectivity index (χ3n) is 3.22. The van der Waals surface area contributed by atoms with Crippen molar-refractivity contribution in [2.75, 3.05) is 7.11 Å². The fourth-order valence-corrected chi connectivity index (χ4v) is 1.92. The summed E-state index contributed by atoms with van der Waals surface area (Å²) in [6, 6.07) is 6.69. The van der Waals surface area contributed by atoms with Gasteiger partial charge in [-0.1, -0.05) is 26.0 Å². The number of benzene rings is 1. The molecule has 0 aliphatic rings. The fourth-order valence-electron chi connectivity index (χ4n) is 1.92. The Hall–Kier alpha value is -2.04. The van der Waals surface area contributed by atoms with Gasteiger partial charge in [-0.15, -0.1) is 0 Å². The molecule has 0 saturated heterocycles. The summed E-state index contributed by atoms with van der Waals surface area (Å²) in [4.78, 5) is 22.7. The van der Waals surface area contributed by atoms with E-state index in [0.717, 1.165) is 11.3 Å². The first-order valence-electron chi connectivity index (χ1n) is 6.64. The number of carboxylic acids is 1. The summed E-state index contributed by atoms with van der Waals surface area (Å²) >= 11 is 0. The normalized spacial score (nSPS) is 13.3. The van der Waals surface area contributed by atoms with Crippen LogP contribution in [-0.4, -0.2) is 30.1 Å². The summed E-state index contributed by atoms with van der Waals surface area (Å²) < 4.78 is 5.08. The van der Waals surface area contributed by atoms with E-state index in [9.17, 15) is 9.59 Å². The van der Waals surface area contributed by atoms with Gasteiger partial charge in [0, 0.05) is 6.42 Å². The van der Waals surface area contributed by atoms with Crippen molar-refractivity contribution in [1.82, 2.24) is 5.32 Å². The minimum Gasteiger partial charge on any atom is -0.497 e. The van der Waals surface area contributed by atoms with E-state index in [0.29, 0.717) is 6.42 Å². The molecular weight excluding hydrogens is 258 g/mol. The molecule has 1 amide bonds. The van der Waals surface area contributed by atoms with Gasteiger partial charge >= 0.3 is 5.97 Å². The molecule has 5 heteroatoms. The first kappa shape index (κ1) is 16.0. The van der Waals surface area contributed by atoms with Gasteiger partial charge in [0.15, 0.2) is 0 Å². The van der Waals surface area contributed by atoms with Crippen LogP contribution in [0.25, 0.3) is 0 Å². The molecule has 0 aromatic heterocycles. The number of hydrogen-bond donors (Lipinski definition) is 2. The molecule has 2 N–H and O–H groups in total. The summed E-state index contributed by atoms with van der Waals surface area (Å²) in [5, 5.41) is 11.4. The molecule has 0 aliphatic carbocycles. The van der Waals surface area contributed by atoms with Crippen molar-refractivity contribution in [3.8, 4) is 5.75 Å². The maximum atomic E-state index is 11.8. The highest BCUT2D eigenvalue weighted by Crippen LogP contribution is 2.21. The van der Waals surface area contributed by atoms with Gasteiger partial charge in [0.2, 0.25) is 5.91 Å². The molecule has 5 nitrogen and oxygen atoms in total. The van der Waals surface area contributed by atoms with E-state index in [-0.39, 0.29) is 18.2 Å². The molecule has 1 aromatic rings. The van der Waals surface area contributed by atoms with E-state index in [1.807, 2.05) is 31.2 Å². The average Bonchev–Trinajstić information content (AvgIpc) is 2.44. The highest BCUT2D eigenvalue weighted by Gasteiger charge is 2.19. The Morgan fingerprint density at radius 2 is 1.90 bits per heavy atom. The third-order valence-corrected chi connectivity index (χ3v) is 3.22. The first-order chi connectivity index (χ1) is 9.47. The van der Waals surface area contributed by atoms with Crippen molar-refractivity contribution in [3.05, 3.63) is 29.8 Å². The van der Waals surface area contributed by atoms with Gasteiger partial charge in [0.05, 0.1) is 7.11 Å². The molecule has 110 valence electrons. The lowest BCUT2D eigenvalue weighted by molar-refractivity contribution is -0.141. The van der Waals surface area contributed by atoms with Gasteiger partial charge < -0.3 is 15.2 Å². The Morgan fingerprint density at radius 3 is 2.35 bits per heavy atom. The van der Waals surface area contributed by atoms with Crippen LogP contribution in [0.3, 0.4) is 0 Å². The van der Waals surface area contributed by atoms with Crippen LogP contribution in [0.1, 0.15) is 38.2 Å². The van der Waals surface area contributed by atoms with Crippen LogP contribution in [0.5, 0.6) is 5.75 Å². The third kappa shape index (κ3) is 4.57. The van der Waals surface area contributed by atoms with Crippen LogP contribution < -0.4 is 10.1 Å². The second-order valence-corrected chi connectivity index (χ2v) is 4.74. The van der Waals surface area contributed by atoms with Crippen LogP contribution >= 0.6 is 0 Å². The topological polar surface area (TPSA) is 75.6 Å². The van der Waals surface area contributed by atoms with E-state index in [1.165, 1.54) is 0 Å². The zero-order chi connectivity index (χ0) is 15.1. The number of carbonyl (C=O) groups is 2. The monoisotopic (exact) mass is 279 g/mol. The lowest BCUT2D eigenvalue weighted by atomic mass is 9.97. The molecule has 1 rings (SSSR count). The van der Waals surface area contributed by atoms with Crippen LogP contribution in [0.2, 0.25) is 0 Å². The molecule has 0 spiro atoms. The molecule has 0 fully saturated rings. The van der Waals surface area contributed by atoms with E-state index < -0.39 is 12.0 Å². The zero-order valence-electron chi connectivity index (χ0n) is 12.1. The number of carbonyl (C=O) groups excluding carboxylic acids is 1. The predicted octanol–water partition coefficient (Wildman–Crippen LogP) is 2.17. The molecule has 0 saturated carbocycles. The van der Waals surface area contributed by atoms with Gasteiger partial charge in [0.25, 0.3) is 0 Å². The average molecular weight is 279 g/mol. The molecule has 0 radical (unpaired) electrons. The summed E-state index contributed by atoms with van der Waals surface area (Å²) in [5.41, 5.74) is 1.02. The quantitative estimate of drug-likeness (QED) is 0.802. The van der Waals surface area contributed by atoms with Crippen molar-refractivity contribution >= 4 is 11.9 Å². The fraction of sp³-hybridized carbons (Fsp3) is 0.467. The second kappa shape index (κ2) is 7.53.